The number of hydrogen-bond donors (Lipinski definition) is 1. The first-order valence-corrected chi connectivity index (χ1v) is 12.3. The largest absolute Gasteiger partial charge is 0.481 e. The van der Waals surface area contributed by atoms with E-state index in [-0.39, 0.29) is 6.42 Å². The number of aliphatic carboxylic acids is 1. The fraction of sp³-hybridized carbons (Fsp3) is 0.417. The molecule has 0 atom stereocenters. The molecule has 0 spiro atoms. The predicted molar refractivity (Wildman–Crippen MR) is 125 cm³/mol. The van der Waals surface area contributed by atoms with Gasteiger partial charge in [0.05, 0.1) is 18.7 Å². The summed E-state index contributed by atoms with van der Waals surface area (Å²) < 4.78 is 0. The Bertz CT molecular complexity index is 959. The van der Waals surface area contributed by atoms with E-state index >= 15 is 0 Å². The lowest BCUT2D eigenvalue weighted by molar-refractivity contribution is -0.136. The van der Waals surface area contributed by atoms with E-state index < -0.39 is 5.97 Å². The molecule has 3 aromatic rings. The third-order valence-electron chi connectivity index (χ3n) is 5.94. The molecule has 0 bridgehead atoms. The van der Waals surface area contributed by atoms with Gasteiger partial charge in [-0.2, -0.15) is 0 Å². The minimum Gasteiger partial charge on any atom is -0.481 e. The molecular weight excluding hydrogens is 412 g/mol. The fourth-order valence-corrected chi connectivity index (χ4v) is 6.13. The van der Waals surface area contributed by atoms with Crippen LogP contribution in [0.4, 0.5) is 5.13 Å². The number of rotatable bonds is 8. The Labute approximate surface area is 186 Å². The number of carbonyl (C=O) groups is 1. The lowest BCUT2D eigenvalue weighted by Crippen LogP contribution is -2.25. The molecule has 1 aromatic carbocycles. The van der Waals surface area contributed by atoms with Crippen LogP contribution in [-0.2, 0) is 11.3 Å². The number of nitrogens with zero attached hydrogens (tertiary/aromatic N) is 2. The van der Waals surface area contributed by atoms with Gasteiger partial charge in [0.1, 0.15) is 0 Å². The molecule has 1 N–H and O–H groups in total. The summed E-state index contributed by atoms with van der Waals surface area (Å²) in [5.41, 5.74) is 2.64. The first-order valence-electron chi connectivity index (χ1n) is 10.6. The average Bonchev–Trinajstić information content (AvgIpc) is 3.41. The highest BCUT2D eigenvalue weighted by Gasteiger charge is 2.26. The Morgan fingerprint density at radius 3 is 2.50 bits per heavy atom. The molecule has 6 heteroatoms. The highest BCUT2D eigenvalue weighted by molar-refractivity contribution is 7.14. The van der Waals surface area contributed by atoms with Gasteiger partial charge in [-0.15, -0.1) is 22.7 Å². The van der Waals surface area contributed by atoms with Crippen molar-refractivity contribution in [3.8, 4) is 0 Å². The second-order valence-corrected chi connectivity index (χ2v) is 10.3. The summed E-state index contributed by atoms with van der Waals surface area (Å²) in [5.74, 6) is 0.410. The summed E-state index contributed by atoms with van der Waals surface area (Å²) in [6, 6.07) is 15.1. The summed E-state index contributed by atoms with van der Waals surface area (Å²) in [7, 11) is 0. The first kappa shape index (κ1) is 21.1. The maximum atomic E-state index is 11.2. The Morgan fingerprint density at radius 1 is 1.10 bits per heavy atom. The topological polar surface area (TPSA) is 53.4 Å². The molecule has 30 heavy (non-hydrogen) atoms. The summed E-state index contributed by atoms with van der Waals surface area (Å²) in [6.07, 6.45) is 4.88. The Hall–Kier alpha value is -2.18. The number of anilines is 1. The van der Waals surface area contributed by atoms with Gasteiger partial charge in [0.15, 0.2) is 5.13 Å². The van der Waals surface area contributed by atoms with Crippen LogP contribution in [-0.4, -0.2) is 22.6 Å². The quantitative estimate of drug-likeness (QED) is 0.438. The first-order chi connectivity index (χ1) is 14.6. The van der Waals surface area contributed by atoms with Gasteiger partial charge in [-0.05, 0) is 56.2 Å². The molecule has 2 heterocycles. The van der Waals surface area contributed by atoms with Crippen LogP contribution in [0.2, 0.25) is 0 Å². The smallest absolute Gasteiger partial charge is 0.305 e. The number of thiophene rings is 1. The monoisotopic (exact) mass is 440 g/mol. The van der Waals surface area contributed by atoms with Crippen molar-refractivity contribution < 1.29 is 9.90 Å². The fourth-order valence-electron chi connectivity index (χ4n) is 4.29. The molecule has 0 unspecified atom stereocenters. The maximum Gasteiger partial charge on any atom is 0.305 e. The zero-order valence-electron chi connectivity index (χ0n) is 17.3. The molecule has 1 aliphatic rings. The van der Waals surface area contributed by atoms with E-state index in [0.29, 0.717) is 18.4 Å². The molecule has 0 aliphatic heterocycles. The number of aryl methyl sites for hydroxylation is 1. The zero-order valence-corrected chi connectivity index (χ0v) is 18.9. The van der Waals surface area contributed by atoms with E-state index in [1.54, 1.807) is 22.7 Å². The van der Waals surface area contributed by atoms with Crippen LogP contribution in [0.25, 0.3) is 0 Å². The van der Waals surface area contributed by atoms with Gasteiger partial charge < -0.3 is 10.0 Å². The van der Waals surface area contributed by atoms with Crippen LogP contribution in [0, 0.1) is 6.92 Å². The molecule has 0 saturated heterocycles. The molecule has 1 fully saturated rings. The van der Waals surface area contributed by atoms with Crippen LogP contribution in [0.1, 0.15) is 65.0 Å². The van der Waals surface area contributed by atoms with E-state index in [4.69, 9.17) is 10.1 Å². The van der Waals surface area contributed by atoms with Gasteiger partial charge >= 0.3 is 5.97 Å². The highest BCUT2D eigenvalue weighted by Crippen LogP contribution is 2.41. The van der Waals surface area contributed by atoms with Gasteiger partial charge in [-0.25, -0.2) is 4.98 Å². The molecular formula is C24H28N2O2S2. The van der Waals surface area contributed by atoms with Crippen molar-refractivity contribution in [2.75, 3.05) is 11.4 Å². The van der Waals surface area contributed by atoms with Crippen molar-refractivity contribution in [3.05, 3.63) is 68.9 Å². The second-order valence-electron chi connectivity index (χ2n) is 8.09. The normalized spacial score (nSPS) is 19.0. The molecule has 4 nitrogen and oxygen atoms in total. The third-order valence-corrected chi connectivity index (χ3v) is 7.84. The standard InChI is InChI=1S/C24H28N2O2S2/c1-17-7-12-21(30-17)15-26(14-13-23(27)28)24-25-22(16-29-24)20-10-8-19(9-11-20)18-5-3-2-4-6-18/h2-7,12,16,19-20H,8-11,13-15H2,1H3,(H,27,28). The number of aromatic nitrogens is 1. The van der Waals surface area contributed by atoms with Gasteiger partial charge in [0.25, 0.3) is 0 Å². The van der Waals surface area contributed by atoms with E-state index in [1.165, 1.54) is 46.7 Å². The van der Waals surface area contributed by atoms with Crippen LogP contribution in [0.3, 0.4) is 0 Å². The van der Waals surface area contributed by atoms with Crippen molar-refractivity contribution in [1.82, 2.24) is 4.98 Å². The van der Waals surface area contributed by atoms with Crippen LogP contribution in [0.15, 0.2) is 47.8 Å². The summed E-state index contributed by atoms with van der Waals surface area (Å²) in [4.78, 5) is 20.8. The zero-order chi connectivity index (χ0) is 20.9. The SMILES string of the molecule is Cc1ccc(CN(CCC(=O)O)c2nc(C3CCC(c4ccccc4)CC3)cs2)s1. The average molecular weight is 441 g/mol. The van der Waals surface area contributed by atoms with E-state index in [9.17, 15) is 4.79 Å². The number of benzene rings is 1. The summed E-state index contributed by atoms with van der Waals surface area (Å²) in [5, 5.41) is 12.3. The van der Waals surface area contributed by atoms with Crippen LogP contribution in [0.5, 0.6) is 0 Å². The Kier molecular flexibility index (Phi) is 6.85. The molecule has 1 aliphatic carbocycles. The van der Waals surface area contributed by atoms with E-state index in [1.807, 2.05) is 0 Å². The number of thiazole rings is 1. The van der Waals surface area contributed by atoms with Gasteiger partial charge in [0, 0.05) is 27.6 Å². The predicted octanol–water partition coefficient (Wildman–Crippen LogP) is 6.44. The van der Waals surface area contributed by atoms with Crippen LogP contribution < -0.4 is 4.90 Å². The molecule has 0 radical (unpaired) electrons. The van der Waals surface area contributed by atoms with Crippen molar-refractivity contribution in [2.45, 2.75) is 57.4 Å². The molecule has 1 saturated carbocycles. The maximum absolute atomic E-state index is 11.2. The molecule has 0 amide bonds. The molecule has 2 aromatic heterocycles. The molecule has 158 valence electrons. The number of carboxylic acid groups (broad SMARTS) is 1. The van der Waals surface area contributed by atoms with Crippen molar-refractivity contribution in [3.63, 3.8) is 0 Å². The number of carboxylic acids is 1. The summed E-state index contributed by atoms with van der Waals surface area (Å²) >= 11 is 3.42. The Balaban J connectivity index is 1.42. The molecule has 4 rings (SSSR count). The van der Waals surface area contributed by atoms with Crippen molar-refractivity contribution in [1.29, 1.82) is 0 Å². The minimum atomic E-state index is -0.765. The highest BCUT2D eigenvalue weighted by atomic mass is 32.1. The van der Waals surface area contributed by atoms with Gasteiger partial charge in [-0.1, -0.05) is 30.3 Å². The van der Waals surface area contributed by atoms with Gasteiger partial charge in [-0.3, -0.25) is 4.79 Å². The van der Waals surface area contributed by atoms with Gasteiger partial charge in [0.2, 0.25) is 0 Å². The van der Waals surface area contributed by atoms with E-state index in [2.05, 4.69) is 59.7 Å². The lowest BCUT2D eigenvalue weighted by Gasteiger charge is -2.28. The van der Waals surface area contributed by atoms with Crippen LogP contribution >= 0.6 is 22.7 Å². The van der Waals surface area contributed by atoms with E-state index in [0.717, 1.165) is 11.7 Å². The Morgan fingerprint density at radius 2 is 1.83 bits per heavy atom. The third kappa shape index (κ3) is 5.29. The minimum absolute atomic E-state index is 0.126. The van der Waals surface area contributed by atoms with Crippen molar-refractivity contribution in [2.24, 2.45) is 0 Å². The lowest BCUT2D eigenvalue weighted by atomic mass is 9.78. The number of hydrogen-bond acceptors (Lipinski definition) is 5. The second kappa shape index (κ2) is 9.75. The summed E-state index contributed by atoms with van der Waals surface area (Å²) in [6.45, 7) is 3.31. The van der Waals surface area contributed by atoms with Crippen molar-refractivity contribution >= 4 is 33.8 Å².